The van der Waals surface area contributed by atoms with Gasteiger partial charge in [0.1, 0.15) is 5.76 Å². The third-order valence-corrected chi connectivity index (χ3v) is 6.41. The Labute approximate surface area is 185 Å². The van der Waals surface area contributed by atoms with Crippen molar-refractivity contribution < 1.29 is 9.21 Å². The summed E-state index contributed by atoms with van der Waals surface area (Å²) in [7, 11) is 0. The second-order valence-corrected chi connectivity index (χ2v) is 8.68. The summed E-state index contributed by atoms with van der Waals surface area (Å²) in [5.74, 6) is 0.954. The Morgan fingerprint density at radius 2 is 1.93 bits per heavy atom. The normalized spacial score (nSPS) is 10.5. The molecule has 2 aromatic carbocycles. The van der Waals surface area contributed by atoms with E-state index in [0.717, 1.165) is 15.5 Å². The largest absolute Gasteiger partial charge is 0.451 e. The van der Waals surface area contributed by atoms with Crippen LogP contribution < -0.4 is 5.32 Å². The average molecular weight is 453 g/mol. The van der Waals surface area contributed by atoms with Crippen LogP contribution in [0.15, 0.2) is 69.4 Å². The Hall–Kier alpha value is -3.12. The molecule has 0 bridgehead atoms. The number of hydrogen-bond donors (Lipinski definition) is 1. The van der Waals surface area contributed by atoms with E-state index in [4.69, 9.17) is 21.3 Å². The smallest absolute Gasteiger partial charge is 0.293 e. The maximum absolute atomic E-state index is 12.5. The van der Waals surface area contributed by atoms with Crippen molar-refractivity contribution in [2.45, 2.75) is 10.1 Å². The van der Waals surface area contributed by atoms with Gasteiger partial charge in [-0.2, -0.15) is 5.26 Å². The van der Waals surface area contributed by atoms with E-state index in [-0.39, 0.29) is 5.76 Å². The number of amides is 1. The van der Waals surface area contributed by atoms with E-state index in [2.05, 4.69) is 21.6 Å². The fourth-order valence-corrected chi connectivity index (χ4v) is 4.50. The second kappa shape index (κ2) is 9.13. The molecule has 0 radical (unpaired) electrons. The van der Waals surface area contributed by atoms with Crippen LogP contribution in [0.3, 0.4) is 0 Å². The molecule has 30 heavy (non-hydrogen) atoms. The first-order valence-electron chi connectivity index (χ1n) is 8.74. The number of halogens is 1. The highest BCUT2D eigenvalue weighted by Gasteiger charge is 2.16. The minimum absolute atomic E-state index is 0.159. The molecule has 0 fully saturated rings. The second-order valence-electron chi connectivity index (χ2n) is 6.07. The monoisotopic (exact) mass is 452 g/mol. The molecule has 148 valence electrons. The SMILES string of the molecule is N#Cc1ccc(CSc2nnc(NC(=O)c3ccc(-c4ccccc4Cl)o3)s2)cc1. The minimum atomic E-state index is -0.409. The first-order valence-corrected chi connectivity index (χ1v) is 10.9. The molecule has 0 aliphatic carbocycles. The molecule has 9 heteroatoms. The van der Waals surface area contributed by atoms with E-state index in [1.165, 1.54) is 23.1 Å². The van der Waals surface area contributed by atoms with E-state index >= 15 is 0 Å². The molecule has 0 saturated heterocycles. The van der Waals surface area contributed by atoms with Crippen molar-refractivity contribution in [3.63, 3.8) is 0 Å². The standard InChI is InChI=1S/C21H13ClN4O2S2/c22-16-4-2-1-3-15(16)17-9-10-18(28-17)19(27)24-20-25-26-21(30-20)29-12-14-7-5-13(11-23)6-8-14/h1-10H,12H2,(H,24,25,27). The maximum Gasteiger partial charge on any atom is 0.293 e. The van der Waals surface area contributed by atoms with Gasteiger partial charge in [0.2, 0.25) is 5.13 Å². The average Bonchev–Trinajstić information content (AvgIpc) is 3.43. The van der Waals surface area contributed by atoms with Gasteiger partial charge in [0.05, 0.1) is 16.7 Å². The minimum Gasteiger partial charge on any atom is -0.451 e. The number of nitriles is 1. The molecule has 6 nitrogen and oxygen atoms in total. The number of nitrogens with zero attached hydrogens (tertiary/aromatic N) is 3. The lowest BCUT2D eigenvalue weighted by Gasteiger charge is -2.00. The molecule has 4 aromatic rings. The maximum atomic E-state index is 12.5. The number of carbonyl (C=O) groups excluding carboxylic acids is 1. The predicted molar refractivity (Wildman–Crippen MR) is 118 cm³/mol. The van der Waals surface area contributed by atoms with Crippen LogP contribution in [0.2, 0.25) is 5.02 Å². The van der Waals surface area contributed by atoms with Gasteiger partial charge in [0.25, 0.3) is 5.91 Å². The summed E-state index contributed by atoms with van der Waals surface area (Å²) in [6.45, 7) is 0. The molecule has 4 rings (SSSR count). The molecule has 0 spiro atoms. The quantitative estimate of drug-likeness (QED) is 0.290. The summed E-state index contributed by atoms with van der Waals surface area (Å²) < 4.78 is 6.38. The van der Waals surface area contributed by atoms with Crippen LogP contribution in [-0.2, 0) is 5.75 Å². The summed E-state index contributed by atoms with van der Waals surface area (Å²) in [6, 6.07) is 20.0. The van der Waals surface area contributed by atoms with Crippen molar-refractivity contribution in [1.29, 1.82) is 5.26 Å². The number of furan rings is 1. The highest BCUT2D eigenvalue weighted by Crippen LogP contribution is 2.31. The van der Waals surface area contributed by atoms with Gasteiger partial charge >= 0.3 is 0 Å². The number of nitrogens with one attached hydrogen (secondary N) is 1. The summed E-state index contributed by atoms with van der Waals surface area (Å²) in [5, 5.41) is 20.6. The topological polar surface area (TPSA) is 91.8 Å². The molecule has 1 N–H and O–H groups in total. The molecule has 0 saturated carbocycles. The molecule has 2 aromatic heterocycles. The van der Waals surface area contributed by atoms with Crippen molar-refractivity contribution in [2.75, 3.05) is 5.32 Å². The molecule has 2 heterocycles. The van der Waals surface area contributed by atoms with Crippen LogP contribution in [0.25, 0.3) is 11.3 Å². The Bertz CT molecular complexity index is 1230. The Balaban J connectivity index is 1.37. The van der Waals surface area contributed by atoms with Crippen molar-refractivity contribution >= 4 is 45.7 Å². The fraction of sp³-hybridized carbons (Fsp3) is 0.0476. The predicted octanol–water partition coefficient (Wildman–Crippen LogP) is 5.87. The molecule has 1 amide bonds. The van der Waals surface area contributed by atoms with Gasteiger partial charge in [-0.3, -0.25) is 10.1 Å². The number of carbonyl (C=O) groups is 1. The van der Waals surface area contributed by atoms with E-state index < -0.39 is 5.91 Å². The van der Waals surface area contributed by atoms with E-state index in [9.17, 15) is 4.79 Å². The molecule has 0 aliphatic heterocycles. The summed E-state index contributed by atoms with van der Waals surface area (Å²) in [5.41, 5.74) is 2.42. The van der Waals surface area contributed by atoms with Crippen LogP contribution >= 0.6 is 34.7 Å². The zero-order valence-electron chi connectivity index (χ0n) is 15.3. The van der Waals surface area contributed by atoms with Gasteiger partial charge in [-0.15, -0.1) is 10.2 Å². The van der Waals surface area contributed by atoms with Crippen LogP contribution in [0.1, 0.15) is 21.7 Å². The summed E-state index contributed by atoms with van der Waals surface area (Å²) in [4.78, 5) is 12.5. The zero-order valence-corrected chi connectivity index (χ0v) is 17.7. The highest BCUT2D eigenvalue weighted by molar-refractivity contribution is 8.00. The number of anilines is 1. The van der Waals surface area contributed by atoms with Crippen LogP contribution in [-0.4, -0.2) is 16.1 Å². The highest BCUT2D eigenvalue weighted by atomic mass is 35.5. The Kier molecular flexibility index (Phi) is 6.14. The number of hydrogen-bond acceptors (Lipinski definition) is 7. The number of benzene rings is 2. The van der Waals surface area contributed by atoms with Gasteiger partial charge in [-0.1, -0.05) is 59.0 Å². The lowest BCUT2D eigenvalue weighted by molar-refractivity contribution is 0.0997. The number of thioether (sulfide) groups is 1. The van der Waals surface area contributed by atoms with Crippen molar-refractivity contribution in [3.8, 4) is 17.4 Å². The Morgan fingerprint density at radius 3 is 2.70 bits per heavy atom. The van der Waals surface area contributed by atoms with Gasteiger partial charge < -0.3 is 4.42 Å². The molecule has 0 atom stereocenters. The number of rotatable bonds is 6. The van der Waals surface area contributed by atoms with E-state index in [1.54, 1.807) is 30.3 Å². The van der Waals surface area contributed by atoms with Crippen LogP contribution in [0.4, 0.5) is 5.13 Å². The van der Waals surface area contributed by atoms with Gasteiger partial charge in [0.15, 0.2) is 10.1 Å². The van der Waals surface area contributed by atoms with E-state index in [1.807, 2.05) is 30.3 Å². The van der Waals surface area contributed by atoms with Crippen LogP contribution in [0, 0.1) is 11.3 Å². The lowest BCUT2D eigenvalue weighted by atomic mass is 10.2. The summed E-state index contributed by atoms with van der Waals surface area (Å²) in [6.07, 6.45) is 0. The molecular weight excluding hydrogens is 440 g/mol. The van der Waals surface area contributed by atoms with Gasteiger partial charge in [-0.05, 0) is 42.0 Å². The first kappa shape index (κ1) is 20.2. The zero-order chi connectivity index (χ0) is 20.9. The van der Waals surface area contributed by atoms with Crippen LogP contribution in [0.5, 0.6) is 0 Å². The molecule has 0 unspecified atom stereocenters. The van der Waals surface area contributed by atoms with Crippen molar-refractivity contribution in [2.24, 2.45) is 0 Å². The summed E-state index contributed by atoms with van der Waals surface area (Å²) >= 11 is 8.96. The first-order chi connectivity index (χ1) is 14.6. The van der Waals surface area contributed by atoms with Crippen molar-refractivity contribution in [3.05, 3.63) is 82.6 Å². The van der Waals surface area contributed by atoms with E-state index in [0.29, 0.717) is 27.2 Å². The fourth-order valence-electron chi connectivity index (χ4n) is 2.56. The number of aromatic nitrogens is 2. The lowest BCUT2D eigenvalue weighted by Crippen LogP contribution is -2.10. The molecule has 0 aliphatic rings. The third-order valence-electron chi connectivity index (χ3n) is 4.04. The Morgan fingerprint density at radius 1 is 1.13 bits per heavy atom. The molecular formula is C21H13ClN4O2S2. The van der Waals surface area contributed by atoms with Crippen molar-refractivity contribution in [1.82, 2.24) is 10.2 Å². The third kappa shape index (κ3) is 4.71. The van der Waals surface area contributed by atoms with Gasteiger partial charge in [0, 0.05) is 11.3 Å². The van der Waals surface area contributed by atoms with Gasteiger partial charge in [-0.25, -0.2) is 0 Å².